The Balaban J connectivity index is 1.56. The lowest BCUT2D eigenvalue weighted by molar-refractivity contribution is -0.130. The third-order valence-corrected chi connectivity index (χ3v) is 5.15. The van der Waals surface area contributed by atoms with Crippen molar-refractivity contribution < 1.29 is 19.1 Å². The summed E-state index contributed by atoms with van der Waals surface area (Å²) in [6, 6.07) is 7.19. The Kier molecular flexibility index (Phi) is 5.77. The van der Waals surface area contributed by atoms with E-state index in [1.54, 1.807) is 14.0 Å². The number of ether oxygens (including phenoxy) is 2. The number of allylic oxidation sites excluding steroid dienone is 1. The summed E-state index contributed by atoms with van der Waals surface area (Å²) in [6.07, 6.45) is 7.00. The molecule has 3 rings (SSSR count). The number of amides is 1. The number of aryl methyl sites for hydroxylation is 1. The topological polar surface area (TPSA) is 67.9 Å². The second-order valence-corrected chi connectivity index (χ2v) is 7.31. The number of hydrogen-bond donors (Lipinski definition) is 1. The van der Waals surface area contributed by atoms with Gasteiger partial charge in [-0.3, -0.25) is 9.59 Å². The van der Waals surface area contributed by atoms with E-state index in [1.165, 1.54) is 5.57 Å². The fourth-order valence-corrected chi connectivity index (χ4v) is 3.33. The van der Waals surface area contributed by atoms with Crippen molar-refractivity contribution in [3.05, 3.63) is 41.5 Å². The Morgan fingerprint density at radius 1 is 1.31 bits per heavy atom. The minimum absolute atomic E-state index is 0.0110. The molecule has 1 heterocycles. The van der Waals surface area contributed by atoms with Crippen molar-refractivity contribution in [3.8, 4) is 5.75 Å². The quantitative estimate of drug-likeness (QED) is 0.545. The predicted molar refractivity (Wildman–Crippen MR) is 99.2 cm³/mol. The highest BCUT2D eigenvalue weighted by molar-refractivity contribution is 5.96. The van der Waals surface area contributed by atoms with Crippen molar-refractivity contribution >= 4 is 11.7 Å². The highest BCUT2D eigenvalue weighted by Crippen LogP contribution is 2.31. The first-order valence-corrected chi connectivity index (χ1v) is 9.29. The Morgan fingerprint density at radius 3 is 2.62 bits per heavy atom. The minimum atomic E-state index is -0.715. The second-order valence-electron chi connectivity index (χ2n) is 7.31. The van der Waals surface area contributed by atoms with Crippen LogP contribution < -0.4 is 10.1 Å². The van der Waals surface area contributed by atoms with Gasteiger partial charge in [0, 0.05) is 6.42 Å². The van der Waals surface area contributed by atoms with Crippen molar-refractivity contribution in [2.24, 2.45) is 0 Å². The number of benzene rings is 1. The van der Waals surface area contributed by atoms with Gasteiger partial charge in [0.1, 0.15) is 11.4 Å². The van der Waals surface area contributed by atoms with Gasteiger partial charge in [0.2, 0.25) is 5.91 Å². The molecule has 1 amide bonds. The summed E-state index contributed by atoms with van der Waals surface area (Å²) in [7, 11) is 1.63. The standard InChI is InChI=1S/C21H27NO4/c1-21(14-26-21)20(24)18(13-16-5-3-4-6-16)22-19(23)12-9-15-7-10-17(25-2)11-8-15/h5,7-8,10-11,18H,3-4,6,9,12-14H2,1-2H3,(H,22,23)/t18-,21+/m0/s1. The first-order valence-electron chi connectivity index (χ1n) is 9.29. The van der Waals surface area contributed by atoms with Crippen LogP contribution in [0.25, 0.3) is 0 Å². The Morgan fingerprint density at radius 2 is 2.04 bits per heavy atom. The number of carbonyl (C=O) groups is 2. The number of ketones is 1. The van der Waals surface area contributed by atoms with Crippen LogP contribution in [0.15, 0.2) is 35.9 Å². The van der Waals surface area contributed by atoms with E-state index in [2.05, 4.69) is 11.4 Å². The van der Waals surface area contributed by atoms with Gasteiger partial charge in [-0.05, 0) is 56.7 Å². The maximum atomic E-state index is 12.7. The predicted octanol–water partition coefficient (Wildman–Crippen LogP) is 2.97. The van der Waals surface area contributed by atoms with E-state index in [0.29, 0.717) is 25.9 Å². The average molecular weight is 357 g/mol. The van der Waals surface area contributed by atoms with Crippen LogP contribution in [0, 0.1) is 0 Å². The average Bonchev–Trinajstić information content (AvgIpc) is 3.19. The summed E-state index contributed by atoms with van der Waals surface area (Å²) in [5.74, 6) is 0.691. The number of nitrogens with one attached hydrogen (secondary N) is 1. The molecule has 5 nitrogen and oxygen atoms in total. The van der Waals surface area contributed by atoms with E-state index in [9.17, 15) is 9.59 Å². The van der Waals surface area contributed by atoms with Crippen LogP contribution in [0.5, 0.6) is 5.75 Å². The number of hydrogen-bond acceptors (Lipinski definition) is 4. The van der Waals surface area contributed by atoms with Crippen LogP contribution in [0.3, 0.4) is 0 Å². The maximum absolute atomic E-state index is 12.7. The molecule has 1 N–H and O–H groups in total. The molecule has 1 aliphatic heterocycles. The summed E-state index contributed by atoms with van der Waals surface area (Å²) in [6.45, 7) is 2.25. The van der Waals surface area contributed by atoms with Crippen LogP contribution in [0.1, 0.15) is 44.6 Å². The molecule has 0 saturated carbocycles. The number of methoxy groups -OCH3 is 1. The molecule has 140 valence electrons. The molecule has 1 aliphatic carbocycles. The molecule has 0 unspecified atom stereocenters. The Bertz CT molecular complexity index is 688. The molecular weight excluding hydrogens is 330 g/mol. The van der Waals surface area contributed by atoms with Gasteiger partial charge in [0.05, 0.1) is 19.8 Å². The molecule has 1 aromatic carbocycles. The van der Waals surface area contributed by atoms with Gasteiger partial charge in [-0.2, -0.15) is 0 Å². The Labute approximate surface area is 154 Å². The SMILES string of the molecule is COc1ccc(CCC(=O)N[C@@H](CC2=CCCC2)C(=O)[C@@]2(C)CO2)cc1. The zero-order valence-electron chi connectivity index (χ0n) is 15.5. The van der Waals surface area contributed by atoms with Crippen molar-refractivity contribution in [1.29, 1.82) is 0 Å². The van der Waals surface area contributed by atoms with Gasteiger partial charge in [0.25, 0.3) is 0 Å². The number of carbonyl (C=O) groups excluding carboxylic acids is 2. The van der Waals surface area contributed by atoms with E-state index < -0.39 is 11.6 Å². The fraction of sp³-hybridized carbons (Fsp3) is 0.524. The monoisotopic (exact) mass is 357 g/mol. The second kappa shape index (κ2) is 8.04. The molecule has 0 radical (unpaired) electrons. The molecular formula is C21H27NO4. The highest BCUT2D eigenvalue weighted by atomic mass is 16.6. The van der Waals surface area contributed by atoms with Gasteiger partial charge >= 0.3 is 0 Å². The zero-order valence-corrected chi connectivity index (χ0v) is 15.5. The van der Waals surface area contributed by atoms with Crippen molar-refractivity contribution in [2.45, 2.75) is 57.1 Å². The fourth-order valence-electron chi connectivity index (χ4n) is 3.33. The molecule has 0 spiro atoms. The largest absolute Gasteiger partial charge is 0.497 e. The van der Waals surface area contributed by atoms with Gasteiger partial charge < -0.3 is 14.8 Å². The van der Waals surface area contributed by atoms with Crippen LogP contribution in [0.2, 0.25) is 0 Å². The summed E-state index contributed by atoms with van der Waals surface area (Å²) < 4.78 is 10.4. The van der Waals surface area contributed by atoms with Crippen LogP contribution in [-0.4, -0.2) is 37.0 Å². The molecule has 1 saturated heterocycles. The van der Waals surface area contributed by atoms with E-state index >= 15 is 0 Å². The molecule has 26 heavy (non-hydrogen) atoms. The van der Waals surface area contributed by atoms with Crippen LogP contribution in [0.4, 0.5) is 0 Å². The third-order valence-electron chi connectivity index (χ3n) is 5.15. The van der Waals surface area contributed by atoms with Crippen LogP contribution in [-0.2, 0) is 20.7 Å². The summed E-state index contributed by atoms with van der Waals surface area (Å²) in [5.41, 5.74) is 1.62. The van der Waals surface area contributed by atoms with Crippen LogP contribution >= 0.6 is 0 Å². The molecule has 2 aliphatic rings. The smallest absolute Gasteiger partial charge is 0.220 e. The summed E-state index contributed by atoms with van der Waals surface area (Å²) in [5, 5.41) is 2.95. The number of epoxide rings is 1. The normalized spacial score (nSPS) is 22.5. The minimum Gasteiger partial charge on any atom is -0.497 e. The van der Waals surface area contributed by atoms with Gasteiger partial charge in [-0.25, -0.2) is 0 Å². The van der Waals surface area contributed by atoms with E-state index in [0.717, 1.165) is 30.6 Å². The lowest BCUT2D eigenvalue weighted by Gasteiger charge is -2.20. The van der Waals surface area contributed by atoms with Crippen molar-refractivity contribution in [1.82, 2.24) is 5.32 Å². The zero-order chi connectivity index (χ0) is 18.6. The molecule has 0 bridgehead atoms. The molecule has 2 atom stereocenters. The highest BCUT2D eigenvalue weighted by Gasteiger charge is 2.50. The molecule has 1 aromatic rings. The van der Waals surface area contributed by atoms with E-state index in [1.807, 2.05) is 24.3 Å². The van der Waals surface area contributed by atoms with Gasteiger partial charge in [-0.1, -0.05) is 23.8 Å². The molecule has 1 fully saturated rings. The Hall–Kier alpha value is -2.14. The first kappa shape index (κ1) is 18.6. The lowest BCUT2D eigenvalue weighted by atomic mass is 9.94. The first-order chi connectivity index (χ1) is 12.5. The van der Waals surface area contributed by atoms with Crippen molar-refractivity contribution in [2.75, 3.05) is 13.7 Å². The third kappa shape index (κ3) is 4.73. The number of Topliss-reactive ketones (excluding diaryl/α,β-unsaturated/α-hetero) is 1. The van der Waals surface area contributed by atoms with Gasteiger partial charge in [-0.15, -0.1) is 0 Å². The maximum Gasteiger partial charge on any atom is 0.220 e. The van der Waals surface area contributed by atoms with Crippen molar-refractivity contribution in [3.63, 3.8) is 0 Å². The summed E-state index contributed by atoms with van der Waals surface area (Å²) >= 11 is 0. The molecule has 5 heteroatoms. The van der Waals surface area contributed by atoms with E-state index in [-0.39, 0.29) is 11.7 Å². The van der Waals surface area contributed by atoms with E-state index in [4.69, 9.17) is 9.47 Å². The lowest BCUT2D eigenvalue weighted by Crippen LogP contribution is -2.46. The molecule has 0 aromatic heterocycles. The summed E-state index contributed by atoms with van der Waals surface area (Å²) in [4.78, 5) is 25.1. The van der Waals surface area contributed by atoms with Gasteiger partial charge in [0.15, 0.2) is 5.78 Å². The number of rotatable bonds is 9.